The zero-order chi connectivity index (χ0) is 30.8. The summed E-state index contributed by atoms with van der Waals surface area (Å²) in [6, 6.07) is 11.1. The number of anilines is 1. The molecule has 4 aromatic rings. The third-order valence-corrected chi connectivity index (χ3v) is 10.5. The Bertz CT molecular complexity index is 1780. The number of fused-ring (bicyclic) bond motifs is 2. The highest BCUT2D eigenvalue weighted by Gasteiger charge is 2.30. The molecule has 0 aliphatic carbocycles. The number of rotatable bonds is 9. The topological polar surface area (TPSA) is 110 Å². The van der Waals surface area contributed by atoms with Gasteiger partial charge in [-0.15, -0.1) is 0 Å². The lowest BCUT2D eigenvalue weighted by molar-refractivity contribution is 0.189. The van der Waals surface area contributed by atoms with Crippen LogP contribution in [0.1, 0.15) is 29.5 Å². The van der Waals surface area contributed by atoms with Crippen LogP contribution in [-0.4, -0.2) is 80.7 Å². The molecular weight excluding hydrogens is 583 g/mol. The molecule has 44 heavy (non-hydrogen) atoms. The summed E-state index contributed by atoms with van der Waals surface area (Å²) in [5.41, 5.74) is 5.26. The van der Waals surface area contributed by atoms with Crippen LogP contribution in [0.5, 0.6) is 5.88 Å². The second-order valence-electron chi connectivity index (χ2n) is 11.3. The van der Waals surface area contributed by atoms with Crippen LogP contribution < -0.4 is 15.0 Å². The lowest BCUT2D eigenvalue weighted by Crippen LogP contribution is -2.45. The SMILES string of the molecule is COCCNC1CCN(S(=O)(=O)c2ccc3c(c2)CN(c2ncnc4c(C)cc(-c5cnc(OC)c(F)c5)cc24)CC3)CC1. The molecule has 12 heteroatoms. The summed E-state index contributed by atoms with van der Waals surface area (Å²) in [4.78, 5) is 15.8. The maximum absolute atomic E-state index is 14.5. The first-order valence-electron chi connectivity index (χ1n) is 14.8. The fourth-order valence-electron chi connectivity index (χ4n) is 6.17. The number of aryl methyl sites for hydroxylation is 1. The molecule has 10 nitrogen and oxygen atoms in total. The van der Waals surface area contributed by atoms with E-state index in [1.54, 1.807) is 30.0 Å². The van der Waals surface area contributed by atoms with E-state index in [9.17, 15) is 12.8 Å². The number of sulfonamides is 1. The number of pyridine rings is 1. The van der Waals surface area contributed by atoms with Gasteiger partial charge in [0.25, 0.3) is 0 Å². The van der Waals surface area contributed by atoms with Crippen LogP contribution in [0.15, 0.2) is 53.8 Å². The number of aromatic nitrogens is 3. The lowest BCUT2D eigenvalue weighted by atomic mass is 9.98. The van der Waals surface area contributed by atoms with Crippen molar-refractivity contribution in [2.24, 2.45) is 0 Å². The molecule has 232 valence electrons. The van der Waals surface area contributed by atoms with Crippen molar-refractivity contribution >= 4 is 26.7 Å². The lowest BCUT2D eigenvalue weighted by Gasteiger charge is -2.33. The third-order valence-electron chi connectivity index (χ3n) is 8.56. The summed E-state index contributed by atoms with van der Waals surface area (Å²) in [7, 11) is -0.562. The van der Waals surface area contributed by atoms with Crippen molar-refractivity contribution in [2.75, 3.05) is 51.9 Å². The first-order chi connectivity index (χ1) is 21.3. The number of methoxy groups -OCH3 is 2. The van der Waals surface area contributed by atoms with Gasteiger partial charge in [-0.3, -0.25) is 0 Å². The van der Waals surface area contributed by atoms with Crippen molar-refractivity contribution in [3.8, 4) is 17.0 Å². The molecule has 1 fully saturated rings. The van der Waals surface area contributed by atoms with Crippen LogP contribution in [0, 0.1) is 12.7 Å². The molecule has 0 bridgehead atoms. The highest BCUT2D eigenvalue weighted by molar-refractivity contribution is 7.89. The van der Waals surface area contributed by atoms with Gasteiger partial charge in [0, 0.05) is 63.0 Å². The van der Waals surface area contributed by atoms with E-state index in [4.69, 9.17) is 9.47 Å². The van der Waals surface area contributed by atoms with E-state index in [-0.39, 0.29) is 5.88 Å². The average molecular weight is 621 g/mol. The number of piperidine rings is 1. The second kappa shape index (κ2) is 12.7. The molecule has 6 rings (SSSR count). The fraction of sp³-hybridized carbons (Fsp3) is 0.406. The number of hydrogen-bond acceptors (Lipinski definition) is 9. The number of nitrogens with one attached hydrogen (secondary N) is 1. The van der Waals surface area contributed by atoms with Gasteiger partial charge in [-0.1, -0.05) is 6.07 Å². The Balaban J connectivity index is 1.25. The Kier molecular flexibility index (Phi) is 8.77. The van der Waals surface area contributed by atoms with Crippen LogP contribution in [0.3, 0.4) is 0 Å². The normalized spacial score (nSPS) is 16.3. The highest BCUT2D eigenvalue weighted by atomic mass is 32.2. The summed E-state index contributed by atoms with van der Waals surface area (Å²) in [5.74, 6) is 0.167. The molecule has 2 aromatic carbocycles. The Morgan fingerprint density at radius 1 is 1.00 bits per heavy atom. The zero-order valence-corrected chi connectivity index (χ0v) is 26.0. The summed E-state index contributed by atoms with van der Waals surface area (Å²) < 4.78 is 53.5. The van der Waals surface area contributed by atoms with E-state index in [0.717, 1.165) is 71.3 Å². The molecule has 0 atom stereocenters. The molecule has 0 saturated carbocycles. The van der Waals surface area contributed by atoms with Gasteiger partial charge in [0.1, 0.15) is 12.1 Å². The number of hydrogen-bond donors (Lipinski definition) is 1. The predicted molar refractivity (Wildman–Crippen MR) is 167 cm³/mol. The second-order valence-corrected chi connectivity index (χ2v) is 13.3. The minimum Gasteiger partial charge on any atom is -0.479 e. The molecule has 4 heterocycles. The highest BCUT2D eigenvalue weighted by Crippen LogP contribution is 2.34. The minimum absolute atomic E-state index is 0.0527. The predicted octanol–water partition coefficient (Wildman–Crippen LogP) is 4.10. The van der Waals surface area contributed by atoms with Gasteiger partial charge in [-0.05, 0) is 78.8 Å². The van der Waals surface area contributed by atoms with Crippen LogP contribution in [0.25, 0.3) is 22.0 Å². The molecule has 0 radical (unpaired) electrons. The van der Waals surface area contributed by atoms with E-state index in [1.165, 1.54) is 13.2 Å². The van der Waals surface area contributed by atoms with Gasteiger partial charge < -0.3 is 19.7 Å². The van der Waals surface area contributed by atoms with E-state index in [0.29, 0.717) is 42.7 Å². The zero-order valence-electron chi connectivity index (χ0n) is 25.2. The fourth-order valence-corrected chi connectivity index (χ4v) is 7.69. The van der Waals surface area contributed by atoms with Gasteiger partial charge in [-0.2, -0.15) is 4.31 Å². The number of halogens is 1. The molecule has 2 aliphatic heterocycles. The van der Waals surface area contributed by atoms with Crippen molar-refractivity contribution in [1.82, 2.24) is 24.6 Å². The Morgan fingerprint density at radius 3 is 2.57 bits per heavy atom. The monoisotopic (exact) mass is 620 g/mol. The average Bonchev–Trinajstić information content (AvgIpc) is 3.04. The largest absolute Gasteiger partial charge is 0.479 e. The van der Waals surface area contributed by atoms with E-state index in [1.807, 2.05) is 31.2 Å². The smallest absolute Gasteiger partial charge is 0.250 e. The van der Waals surface area contributed by atoms with Gasteiger partial charge in [0.05, 0.1) is 24.1 Å². The molecule has 0 unspecified atom stereocenters. The Morgan fingerprint density at radius 2 is 1.82 bits per heavy atom. The van der Waals surface area contributed by atoms with Gasteiger partial charge in [-0.25, -0.2) is 27.8 Å². The van der Waals surface area contributed by atoms with E-state index in [2.05, 4.69) is 25.2 Å². The molecule has 0 spiro atoms. The number of benzene rings is 2. The van der Waals surface area contributed by atoms with E-state index >= 15 is 0 Å². The molecule has 1 N–H and O–H groups in total. The molecule has 1 saturated heterocycles. The van der Waals surface area contributed by atoms with E-state index < -0.39 is 15.8 Å². The van der Waals surface area contributed by atoms with Crippen LogP contribution in [0.2, 0.25) is 0 Å². The molecule has 2 aliphatic rings. The van der Waals surface area contributed by atoms with Crippen molar-refractivity contribution in [3.05, 3.63) is 71.4 Å². The van der Waals surface area contributed by atoms with Crippen LogP contribution >= 0.6 is 0 Å². The van der Waals surface area contributed by atoms with Crippen molar-refractivity contribution in [3.63, 3.8) is 0 Å². The van der Waals surface area contributed by atoms with Crippen LogP contribution in [-0.2, 0) is 27.7 Å². The minimum atomic E-state index is -3.62. The van der Waals surface area contributed by atoms with Crippen molar-refractivity contribution in [2.45, 2.75) is 43.7 Å². The standard InChI is InChI=1S/C32H37FN6O4S/c1-21-14-23(24-17-29(33)32(43-3)35-18-24)16-28-30(21)36-20-37-31(28)38-10-6-22-4-5-27(15-25(22)19-38)44(40,41)39-11-7-26(8-12-39)34-9-13-42-2/h4-5,14-18,20,26,34H,6-13,19H2,1-3H3. The molecule has 0 amide bonds. The van der Waals surface area contributed by atoms with Crippen molar-refractivity contribution < 1.29 is 22.3 Å². The Hall–Kier alpha value is -3.71. The summed E-state index contributed by atoms with van der Waals surface area (Å²) in [6.45, 7) is 5.56. The first kappa shape index (κ1) is 30.3. The quantitative estimate of drug-likeness (QED) is 0.277. The van der Waals surface area contributed by atoms with Gasteiger partial charge in [0.2, 0.25) is 15.9 Å². The maximum atomic E-state index is 14.5. The Labute approximate surface area is 257 Å². The summed E-state index contributed by atoms with van der Waals surface area (Å²) >= 11 is 0. The summed E-state index contributed by atoms with van der Waals surface area (Å²) in [6.07, 6.45) is 5.44. The molecular formula is C32H37FN6O4S. The maximum Gasteiger partial charge on any atom is 0.250 e. The van der Waals surface area contributed by atoms with Crippen LogP contribution in [0.4, 0.5) is 10.2 Å². The molecule has 2 aromatic heterocycles. The van der Waals surface area contributed by atoms with Crippen molar-refractivity contribution in [1.29, 1.82) is 0 Å². The first-order valence-corrected chi connectivity index (χ1v) is 16.3. The summed E-state index contributed by atoms with van der Waals surface area (Å²) in [5, 5.41) is 4.28. The van der Waals surface area contributed by atoms with Gasteiger partial charge in [0.15, 0.2) is 5.82 Å². The van der Waals surface area contributed by atoms with Gasteiger partial charge >= 0.3 is 0 Å². The number of ether oxygens (including phenoxy) is 2. The third kappa shape index (κ3) is 5.99. The number of nitrogens with zero attached hydrogens (tertiary/aromatic N) is 5.